The van der Waals surface area contributed by atoms with Gasteiger partial charge in [-0.1, -0.05) is 13.8 Å². The lowest BCUT2D eigenvalue weighted by Crippen LogP contribution is -2.36. The highest BCUT2D eigenvalue weighted by Gasteiger charge is 2.28. The predicted molar refractivity (Wildman–Crippen MR) is 48.4 cm³/mol. The molecular formula is C8H18OS. The molecule has 0 aliphatic carbocycles. The molecule has 0 saturated heterocycles. The first kappa shape index (κ1) is 10.3. The van der Waals surface area contributed by atoms with Gasteiger partial charge >= 0.3 is 0 Å². The topological polar surface area (TPSA) is 20.2 Å². The summed E-state index contributed by atoms with van der Waals surface area (Å²) in [4.78, 5) is 0. The molecule has 0 aromatic heterocycles. The van der Waals surface area contributed by atoms with E-state index in [1.54, 1.807) is 11.8 Å². The molecule has 10 heavy (non-hydrogen) atoms. The number of hydrogen-bond acceptors (Lipinski definition) is 2. The van der Waals surface area contributed by atoms with Crippen molar-refractivity contribution in [2.75, 3.05) is 6.26 Å². The first-order valence-corrected chi connectivity index (χ1v) is 4.87. The van der Waals surface area contributed by atoms with Crippen LogP contribution in [0, 0.1) is 5.92 Å². The van der Waals surface area contributed by atoms with Crippen molar-refractivity contribution in [3.63, 3.8) is 0 Å². The monoisotopic (exact) mass is 162 g/mol. The largest absolute Gasteiger partial charge is 0.391 e. The van der Waals surface area contributed by atoms with E-state index in [4.69, 9.17) is 0 Å². The van der Waals surface area contributed by atoms with Crippen molar-refractivity contribution in [2.45, 2.75) is 38.5 Å². The minimum absolute atomic E-state index is 0.00579. The number of hydrogen-bond donors (Lipinski definition) is 1. The highest BCUT2D eigenvalue weighted by molar-refractivity contribution is 8.00. The number of thioether (sulfide) groups is 1. The van der Waals surface area contributed by atoms with Gasteiger partial charge in [-0.2, -0.15) is 11.8 Å². The van der Waals surface area contributed by atoms with Crippen LogP contribution in [-0.2, 0) is 0 Å². The summed E-state index contributed by atoms with van der Waals surface area (Å²) in [7, 11) is 0. The first-order valence-electron chi connectivity index (χ1n) is 3.65. The molecule has 0 spiro atoms. The second-order valence-electron chi connectivity index (χ2n) is 3.50. The van der Waals surface area contributed by atoms with E-state index in [-0.39, 0.29) is 10.9 Å². The van der Waals surface area contributed by atoms with Gasteiger partial charge in [-0.3, -0.25) is 0 Å². The number of rotatable bonds is 3. The van der Waals surface area contributed by atoms with Gasteiger partial charge in [-0.15, -0.1) is 0 Å². The molecule has 0 aliphatic heterocycles. The number of aliphatic hydroxyl groups is 1. The van der Waals surface area contributed by atoms with Gasteiger partial charge < -0.3 is 5.11 Å². The van der Waals surface area contributed by atoms with Gasteiger partial charge in [0.2, 0.25) is 0 Å². The van der Waals surface area contributed by atoms with Crippen LogP contribution in [0.15, 0.2) is 0 Å². The molecule has 1 atom stereocenters. The van der Waals surface area contributed by atoms with E-state index in [9.17, 15) is 5.11 Å². The molecule has 1 unspecified atom stereocenters. The van der Waals surface area contributed by atoms with Crippen LogP contribution in [0.5, 0.6) is 0 Å². The summed E-state index contributed by atoms with van der Waals surface area (Å²) < 4.78 is -0.00579. The Balaban J connectivity index is 4.03. The molecule has 0 bridgehead atoms. The zero-order chi connectivity index (χ0) is 8.36. The second kappa shape index (κ2) is 3.63. The SMILES string of the molecule is CSC(C)(C)C(O)C(C)C. The normalized spacial score (nSPS) is 15.9. The molecule has 2 heteroatoms. The quantitative estimate of drug-likeness (QED) is 0.686. The van der Waals surface area contributed by atoms with Crippen LogP contribution < -0.4 is 0 Å². The van der Waals surface area contributed by atoms with Gasteiger partial charge in [-0.25, -0.2) is 0 Å². The fraction of sp³-hybridized carbons (Fsp3) is 1.00. The molecule has 0 fully saturated rings. The predicted octanol–water partition coefficient (Wildman–Crippen LogP) is 2.14. The summed E-state index contributed by atoms with van der Waals surface area (Å²) in [5.74, 6) is 0.349. The van der Waals surface area contributed by atoms with Gasteiger partial charge in [0.1, 0.15) is 0 Å². The molecule has 0 aliphatic rings. The van der Waals surface area contributed by atoms with Crippen molar-refractivity contribution in [2.24, 2.45) is 5.92 Å². The van der Waals surface area contributed by atoms with E-state index in [1.807, 2.05) is 20.1 Å². The van der Waals surface area contributed by atoms with Gasteiger partial charge in [0.25, 0.3) is 0 Å². The third-order valence-electron chi connectivity index (χ3n) is 1.87. The Bertz CT molecular complexity index is 99.4. The fourth-order valence-electron chi connectivity index (χ4n) is 0.923. The van der Waals surface area contributed by atoms with Gasteiger partial charge in [0.15, 0.2) is 0 Å². The molecule has 1 N–H and O–H groups in total. The average Bonchev–Trinajstić information content (AvgIpc) is 1.86. The average molecular weight is 162 g/mol. The lowest BCUT2D eigenvalue weighted by Gasteiger charge is -2.31. The smallest absolute Gasteiger partial charge is 0.0704 e. The van der Waals surface area contributed by atoms with E-state index in [1.165, 1.54) is 0 Å². The summed E-state index contributed by atoms with van der Waals surface area (Å²) in [5, 5.41) is 9.63. The molecule has 1 nitrogen and oxygen atoms in total. The Hall–Kier alpha value is 0.310. The Morgan fingerprint density at radius 3 is 1.80 bits per heavy atom. The van der Waals surface area contributed by atoms with Crippen molar-refractivity contribution in [3.8, 4) is 0 Å². The zero-order valence-electron chi connectivity index (χ0n) is 7.51. The fourth-order valence-corrected chi connectivity index (χ4v) is 1.44. The Morgan fingerprint density at radius 2 is 1.70 bits per heavy atom. The van der Waals surface area contributed by atoms with Crippen molar-refractivity contribution < 1.29 is 5.11 Å². The van der Waals surface area contributed by atoms with Crippen molar-refractivity contribution >= 4 is 11.8 Å². The molecule has 0 amide bonds. The Kier molecular flexibility index (Phi) is 3.74. The minimum Gasteiger partial charge on any atom is -0.391 e. The van der Waals surface area contributed by atoms with Crippen LogP contribution in [0.2, 0.25) is 0 Å². The van der Waals surface area contributed by atoms with E-state index in [0.29, 0.717) is 5.92 Å². The van der Waals surface area contributed by atoms with Crippen LogP contribution in [0.4, 0.5) is 0 Å². The zero-order valence-corrected chi connectivity index (χ0v) is 8.33. The van der Waals surface area contributed by atoms with Crippen LogP contribution >= 0.6 is 11.8 Å². The van der Waals surface area contributed by atoms with Crippen molar-refractivity contribution in [1.29, 1.82) is 0 Å². The molecule has 0 radical (unpaired) electrons. The molecule has 0 heterocycles. The van der Waals surface area contributed by atoms with Crippen LogP contribution in [0.25, 0.3) is 0 Å². The van der Waals surface area contributed by atoms with Crippen LogP contribution in [0.3, 0.4) is 0 Å². The third-order valence-corrected chi connectivity index (χ3v) is 3.16. The highest BCUT2D eigenvalue weighted by atomic mass is 32.2. The molecule has 0 rings (SSSR count). The summed E-state index contributed by atoms with van der Waals surface area (Å²) in [6.07, 6.45) is 1.83. The Labute approximate surface area is 68.2 Å². The molecule has 0 aromatic carbocycles. The lowest BCUT2D eigenvalue weighted by atomic mass is 9.96. The third kappa shape index (κ3) is 2.51. The minimum atomic E-state index is -0.206. The molecule has 0 aromatic rings. The number of aliphatic hydroxyl groups excluding tert-OH is 1. The van der Waals surface area contributed by atoms with Crippen molar-refractivity contribution in [3.05, 3.63) is 0 Å². The summed E-state index contributed by atoms with van der Waals surface area (Å²) >= 11 is 1.71. The Morgan fingerprint density at radius 1 is 1.30 bits per heavy atom. The lowest BCUT2D eigenvalue weighted by molar-refractivity contribution is 0.0957. The van der Waals surface area contributed by atoms with Crippen LogP contribution in [0.1, 0.15) is 27.7 Å². The summed E-state index contributed by atoms with van der Waals surface area (Å²) in [6.45, 7) is 8.23. The molecule has 62 valence electrons. The first-order chi connectivity index (χ1) is 4.41. The maximum absolute atomic E-state index is 9.63. The summed E-state index contributed by atoms with van der Waals surface area (Å²) in [6, 6.07) is 0. The van der Waals surface area contributed by atoms with E-state index >= 15 is 0 Å². The highest BCUT2D eigenvalue weighted by Crippen LogP contribution is 2.29. The summed E-state index contributed by atoms with van der Waals surface area (Å²) in [5.41, 5.74) is 0. The van der Waals surface area contributed by atoms with Gasteiger partial charge in [0, 0.05) is 4.75 Å². The van der Waals surface area contributed by atoms with E-state index in [0.717, 1.165) is 0 Å². The van der Waals surface area contributed by atoms with Gasteiger partial charge in [-0.05, 0) is 26.0 Å². The van der Waals surface area contributed by atoms with E-state index in [2.05, 4.69) is 13.8 Å². The maximum atomic E-state index is 9.63. The van der Waals surface area contributed by atoms with Crippen molar-refractivity contribution in [1.82, 2.24) is 0 Å². The second-order valence-corrected chi connectivity index (χ2v) is 4.96. The maximum Gasteiger partial charge on any atom is 0.0704 e. The van der Waals surface area contributed by atoms with E-state index < -0.39 is 0 Å². The molecule has 0 saturated carbocycles. The molecular weight excluding hydrogens is 144 g/mol. The van der Waals surface area contributed by atoms with Gasteiger partial charge in [0.05, 0.1) is 6.10 Å². The standard InChI is InChI=1S/C8H18OS/c1-6(2)7(9)8(3,4)10-5/h6-7,9H,1-5H3. The van der Waals surface area contributed by atoms with Crippen LogP contribution in [-0.4, -0.2) is 22.2 Å².